The summed E-state index contributed by atoms with van der Waals surface area (Å²) in [5.41, 5.74) is 21.0. The summed E-state index contributed by atoms with van der Waals surface area (Å²) in [5.74, 6) is 0. The molecule has 0 aromatic heterocycles. The molecule has 0 N–H and O–H groups in total. The molecule has 0 saturated carbocycles. The molecule has 1 nitrogen and oxygen atoms in total. The van der Waals surface area contributed by atoms with Crippen LogP contribution in [0.2, 0.25) is 0 Å². The van der Waals surface area contributed by atoms with Crippen molar-refractivity contribution in [1.29, 1.82) is 0 Å². The van der Waals surface area contributed by atoms with Gasteiger partial charge < -0.3 is 4.90 Å². The van der Waals surface area contributed by atoms with E-state index in [-0.39, 0.29) is 5.41 Å². The summed E-state index contributed by atoms with van der Waals surface area (Å²) in [6, 6.07) is 70.0. The summed E-state index contributed by atoms with van der Waals surface area (Å²) in [4.78, 5) is 2.49. The van der Waals surface area contributed by atoms with Crippen LogP contribution in [0, 0.1) is 0 Å². The maximum atomic E-state index is 2.49. The highest BCUT2D eigenvalue weighted by atomic mass is 15.1. The van der Waals surface area contributed by atoms with E-state index in [4.69, 9.17) is 0 Å². The van der Waals surface area contributed by atoms with Gasteiger partial charge in [0.1, 0.15) is 0 Å². The van der Waals surface area contributed by atoms with Crippen LogP contribution in [0.1, 0.15) is 58.4 Å². The summed E-state index contributed by atoms with van der Waals surface area (Å²) < 4.78 is 0. The van der Waals surface area contributed by atoms with Crippen LogP contribution in [0.5, 0.6) is 0 Å². The number of nitrogens with zero attached hydrogens (tertiary/aromatic N) is 1. The minimum absolute atomic E-state index is 0.121. The van der Waals surface area contributed by atoms with Gasteiger partial charge in [0.15, 0.2) is 0 Å². The van der Waals surface area contributed by atoms with Gasteiger partial charge in [0.05, 0.1) is 11.1 Å². The molecule has 0 atom stereocenters. The number of hydrogen-bond donors (Lipinski definition) is 0. The lowest BCUT2D eigenvalue weighted by atomic mass is 9.66. The number of rotatable bonds is 4. The third-order valence-corrected chi connectivity index (χ3v) is 12.5. The van der Waals surface area contributed by atoms with Crippen LogP contribution < -0.4 is 4.90 Å². The first kappa shape index (κ1) is 31.8. The van der Waals surface area contributed by atoms with Gasteiger partial charge in [-0.3, -0.25) is 0 Å². The number of fused-ring (bicyclic) bond motifs is 12. The molecule has 3 aliphatic rings. The van der Waals surface area contributed by atoms with Gasteiger partial charge in [-0.05, 0) is 103 Å². The molecule has 0 aliphatic heterocycles. The third-order valence-electron chi connectivity index (χ3n) is 12.5. The predicted octanol–water partition coefficient (Wildman–Crippen LogP) is 14.0. The fourth-order valence-corrected chi connectivity index (χ4v) is 10.1. The van der Waals surface area contributed by atoms with Crippen LogP contribution in [0.3, 0.4) is 0 Å². The second kappa shape index (κ2) is 11.9. The van der Waals surface area contributed by atoms with Crippen molar-refractivity contribution in [2.45, 2.75) is 24.7 Å². The molecule has 8 aromatic rings. The van der Waals surface area contributed by atoms with E-state index in [9.17, 15) is 0 Å². The molecule has 55 heavy (non-hydrogen) atoms. The van der Waals surface area contributed by atoms with Gasteiger partial charge in [-0.1, -0.05) is 184 Å². The fourth-order valence-electron chi connectivity index (χ4n) is 10.1. The predicted molar refractivity (Wildman–Crippen MR) is 230 cm³/mol. The van der Waals surface area contributed by atoms with E-state index in [1.165, 1.54) is 77.9 Å². The van der Waals surface area contributed by atoms with E-state index in [0.717, 1.165) is 17.1 Å². The van der Waals surface area contributed by atoms with Crippen molar-refractivity contribution in [3.05, 3.63) is 233 Å². The first-order valence-corrected chi connectivity index (χ1v) is 19.4. The third kappa shape index (κ3) is 4.47. The van der Waals surface area contributed by atoms with Crippen molar-refractivity contribution in [2.24, 2.45) is 0 Å². The zero-order valence-corrected chi connectivity index (χ0v) is 31.0. The Hall–Kier alpha value is -6.70. The van der Waals surface area contributed by atoms with Crippen molar-refractivity contribution in [3.63, 3.8) is 0 Å². The topological polar surface area (TPSA) is 3.24 Å². The second-order valence-electron chi connectivity index (χ2n) is 15.7. The maximum Gasteiger partial charge on any atom is 0.0725 e. The molecule has 0 saturated heterocycles. The molecule has 0 unspecified atom stereocenters. The van der Waals surface area contributed by atoms with E-state index < -0.39 is 5.41 Å². The van der Waals surface area contributed by atoms with Gasteiger partial charge in [0, 0.05) is 22.4 Å². The molecular formula is C54H39N. The van der Waals surface area contributed by atoms with E-state index in [0.29, 0.717) is 0 Å². The molecule has 0 heterocycles. The smallest absolute Gasteiger partial charge is 0.0725 e. The molecule has 0 fully saturated rings. The molecule has 3 aliphatic carbocycles. The quantitative estimate of drug-likeness (QED) is 0.177. The largest absolute Gasteiger partial charge is 0.310 e. The number of benzene rings is 8. The molecule has 1 spiro atoms. The van der Waals surface area contributed by atoms with Gasteiger partial charge in [0.25, 0.3) is 0 Å². The van der Waals surface area contributed by atoms with Crippen molar-refractivity contribution in [2.75, 3.05) is 4.90 Å². The van der Waals surface area contributed by atoms with Crippen LogP contribution >= 0.6 is 0 Å². The Morgan fingerprint density at radius 2 is 0.836 bits per heavy atom. The number of anilines is 3. The highest BCUT2D eigenvalue weighted by Crippen LogP contribution is 2.60. The normalized spacial score (nSPS) is 14.6. The van der Waals surface area contributed by atoms with Gasteiger partial charge in [-0.2, -0.15) is 0 Å². The number of hydrogen-bond acceptors (Lipinski definition) is 1. The minimum atomic E-state index is -0.461. The van der Waals surface area contributed by atoms with Crippen LogP contribution in [0.25, 0.3) is 45.5 Å². The molecule has 0 radical (unpaired) electrons. The van der Waals surface area contributed by atoms with Crippen LogP contribution in [-0.4, -0.2) is 0 Å². The Morgan fingerprint density at radius 3 is 1.55 bits per heavy atom. The summed E-state index contributed by atoms with van der Waals surface area (Å²) in [7, 11) is 0. The SMILES string of the molecule is CC1(C)c2ccccc2-c2ccc(N(c3ccc4c(c3)-c3ccccc3C43c4ccccc4C=Cc4ccccc43)c3ccccc3-c3ccccc3)cc21. The van der Waals surface area contributed by atoms with Gasteiger partial charge in [0.2, 0.25) is 0 Å². The molecule has 260 valence electrons. The Balaban J connectivity index is 1.18. The summed E-state index contributed by atoms with van der Waals surface area (Å²) in [5, 5.41) is 0. The standard InChI is InChI=1S/C54H39N/c1-53(2)48-25-13-8-21-42(48)44-32-30-40(35-51(44)53)55(52-27-15-10-20-41(52)36-16-4-3-5-17-36)39-31-33-50-45(34-39)43-22-9-14-26-49(43)54(50)46-23-11-6-18-37(46)28-29-38-19-7-12-24-47(38)54/h3-35H,1-2H3. The van der Waals surface area contributed by atoms with E-state index in [1.54, 1.807) is 0 Å². The van der Waals surface area contributed by atoms with E-state index in [2.05, 4.69) is 219 Å². The lowest BCUT2D eigenvalue weighted by molar-refractivity contribution is 0.660. The van der Waals surface area contributed by atoms with E-state index >= 15 is 0 Å². The van der Waals surface area contributed by atoms with Crippen molar-refractivity contribution in [3.8, 4) is 33.4 Å². The number of para-hydroxylation sites is 1. The first-order chi connectivity index (χ1) is 27.0. The monoisotopic (exact) mass is 701 g/mol. The maximum absolute atomic E-state index is 2.49. The highest BCUT2D eigenvalue weighted by molar-refractivity contribution is 5.96. The average molecular weight is 702 g/mol. The Labute approximate surface area is 323 Å². The van der Waals surface area contributed by atoms with Gasteiger partial charge in [-0.25, -0.2) is 0 Å². The van der Waals surface area contributed by atoms with Gasteiger partial charge in [-0.15, -0.1) is 0 Å². The fraction of sp³-hybridized carbons (Fsp3) is 0.0741. The zero-order valence-electron chi connectivity index (χ0n) is 31.0. The minimum Gasteiger partial charge on any atom is -0.310 e. The lowest BCUT2D eigenvalue weighted by Crippen LogP contribution is -2.29. The van der Waals surface area contributed by atoms with Crippen LogP contribution in [0.15, 0.2) is 188 Å². The highest BCUT2D eigenvalue weighted by Gasteiger charge is 2.48. The molecule has 8 aromatic carbocycles. The average Bonchev–Trinajstić information content (AvgIpc) is 3.59. The Morgan fingerprint density at radius 1 is 0.345 bits per heavy atom. The van der Waals surface area contributed by atoms with Crippen LogP contribution in [0.4, 0.5) is 17.1 Å². The van der Waals surface area contributed by atoms with Crippen LogP contribution in [-0.2, 0) is 10.8 Å². The first-order valence-electron chi connectivity index (χ1n) is 19.4. The summed E-state index contributed by atoms with van der Waals surface area (Å²) in [6.07, 6.45) is 4.60. The lowest BCUT2D eigenvalue weighted by Gasteiger charge is -2.35. The van der Waals surface area contributed by atoms with Crippen molar-refractivity contribution < 1.29 is 0 Å². The molecular weight excluding hydrogens is 663 g/mol. The zero-order chi connectivity index (χ0) is 36.7. The Bertz CT molecular complexity index is 2810. The molecule has 11 rings (SSSR count). The van der Waals surface area contributed by atoms with Gasteiger partial charge >= 0.3 is 0 Å². The molecule has 0 bridgehead atoms. The molecule has 0 amide bonds. The van der Waals surface area contributed by atoms with E-state index in [1.807, 2.05) is 0 Å². The summed E-state index contributed by atoms with van der Waals surface area (Å²) >= 11 is 0. The Kier molecular flexibility index (Phi) is 6.88. The summed E-state index contributed by atoms with van der Waals surface area (Å²) in [6.45, 7) is 4.74. The second-order valence-corrected chi connectivity index (χ2v) is 15.7. The molecule has 1 heteroatoms. The van der Waals surface area contributed by atoms with Crippen molar-refractivity contribution >= 4 is 29.2 Å². The van der Waals surface area contributed by atoms with Crippen molar-refractivity contribution in [1.82, 2.24) is 0 Å².